The number of hydrogen-bond donors (Lipinski definition) is 1. The summed E-state index contributed by atoms with van der Waals surface area (Å²) in [6, 6.07) is 11.0. The molecule has 26 heavy (non-hydrogen) atoms. The summed E-state index contributed by atoms with van der Waals surface area (Å²) in [6.07, 6.45) is 1.12. The Labute approximate surface area is 153 Å². The molecule has 5 heteroatoms. The Morgan fingerprint density at radius 3 is 2.31 bits per heavy atom. The minimum Gasteiger partial charge on any atom is -0.497 e. The van der Waals surface area contributed by atoms with Crippen LogP contribution in [0.15, 0.2) is 42.5 Å². The van der Waals surface area contributed by atoms with Gasteiger partial charge in [0.15, 0.2) is 11.5 Å². The minimum atomic E-state index is -0.829. The predicted molar refractivity (Wildman–Crippen MR) is 100 cm³/mol. The second kappa shape index (κ2) is 6.92. The smallest absolute Gasteiger partial charge is 0.161 e. The number of ether oxygens (including phenoxy) is 4. The fourth-order valence-corrected chi connectivity index (χ4v) is 3.15. The maximum atomic E-state index is 11.1. The van der Waals surface area contributed by atoms with Crippen LogP contribution in [0.4, 0.5) is 0 Å². The van der Waals surface area contributed by atoms with E-state index in [0.717, 1.165) is 11.1 Å². The molecule has 0 aliphatic carbocycles. The third-order valence-corrected chi connectivity index (χ3v) is 4.39. The summed E-state index contributed by atoms with van der Waals surface area (Å²) in [4.78, 5) is 0. The standard InChI is InChI=1S/C21H24O5/c1-21(2)12-16(15-8-7-14(23-3)11-18(15)26-21)20(22)13-6-9-17(24-4)19(10-13)25-5/h6-12,20,22H,1-5H3. The molecule has 0 radical (unpaired) electrons. The van der Waals surface area contributed by atoms with Crippen molar-refractivity contribution in [2.45, 2.75) is 25.6 Å². The van der Waals surface area contributed by atoms with Crippen molar-refractivity contribution in [2.75, 3.05) is 21.3 Å². The van der Waals surface area contributed by atoms with Crippen LogP contribution in [0.3, 0.4) is 0 Å². The number of aliphatic hydroxyl groups is 1. The molecular weight excluding hydrogens is 332 g/mol. The summed E-state index contributed by atoms with van der Waals surface area (Å²) in [7, 11) is 4.78. The normalized spacial score (nSPS) is 16.0. The Morgan fingerprint density at radius 1 is 0.923 bits per heavy atom. The van der Waals surface area contributed by atoms with E-state index < -0.39 is 11.7 Å². The first-order chi connectivity index (χ1) is 12.4. The fraction of sp³-hybridized carbons (Fsp3) is 0.333. The summed E-state index contributed by atoms with van der Waals surface area (Å²) in [5.74, 6) is 2.59. The average molecular weight is 356 g/mol. The first kappa shape index (κ1) is 18.1. The topological polar surface area (TPSA) is 57.2 Å². The molecule has 5 nitrogen and oxygen atoms in total. The Hall–Kier alpha value is -2.66. The van der Waals surface area contributed by atoms with Gasteiger partial charge < -0.3 is 24.1 Å². The lowest BCUT2D eigenvalue weighted by molar-refractivity contribution is 0.152. The maximum Gasteiger partial charge on any atom is 0.161 e. The zero-order chi connectivity index (χ0) is 18.9. The molecule has 3 rings (SSSR count). The highest BCUT2D eigenvalue weighted by Crippen LogP contribution is 2.44. The van der Waals surface area contributed by atoms with Gasteiger partial charge in [0.25, 0.3) is 0 Å². The van der Waals surface area contributed by atoms with Gasteiger partial charge in [-0.3, -0.25) is 0 Å². The van der Waals surface area contributed by atoms with Crippen LogP contribution in [0, 0.1) is 0 Å². The molecule has 2 aromatic carbocycles. The molecular formula is C21H24O5. The average Bonchev–Trinajstić information content (AvgIpc) is 2.64. The molecule has 1 N–H and O–H groups in total. The number of rotatable bonds is 5. The molecule has 0 aromatic heterocycles. The van der Waals surface area contributed by atoms with Crippen LogP contribution in [0.25, 0.3) is 5.57 Å². The zero-order valence-corrected chi connectivity index (χ0v) is 15.7. The van der Waals surface area contributed by atoms with Crippen molar-refractivity contribution < 1.29 is 24.1 Å². The summed E-state index contributed by atoms with van der Waals surface area (Å²) < 4.78 is 22.0. The van der Waals surface area contributed by atoms with Crippen molar-refractivity contribution in [3.05, 3.63) is 53.6 Å². The van der Waals surface area contributed by atoms with Gasteiger partial charge in [-0.15, -0.1) is 0 Å². The molecule has 0 bridgehead atoms. The molecule has 0 fully saturated rings. The van der Waals surface area contributed by atoms with Crippen molar-refractivity contribution in [3.8, 4) is 23.0 Å². The molecule has 1 unspecified atom stereocenters. The van der Waals surface area contributed by atoms with E-state index in [1.54, 1.807) is 33.5 Å². The highest BCUT2D eigenvalue weighted by atomic mass is 16.5. The van der Waals surface area contributed by atoms with Gasteiger partial charge in [-0.05, 0) is 55.3 Å². The van der Waals surface area contributed by atoms with E-state index in [-0.39, 0.29) is 0 Å². The van der Waals surface area contributed by atoms with Crippen LogP contribution in [0.2, 0.25) is 0 Å². The summed E-state index contributed by atoms with van der Waals surface area (Å²) in [5.41, 5.74) is 1.79. The second-order valence-corrected chi connectivity index (χ2v) is 6.68. The van der Waals surface area contributed by atoms with E-state index in [0.29, 0.717) is 28.6 Å². The van der Waals surface area contributed by atoms with E-state index in [1.165, 1.54) is 0 Å². The number of fused-ring (bicyclic) bond motifs is 1. The lowest BCUT2D eigenvalue weighted by atomic mass is 9.88. The first-order valence-corrected chi connectivity index (χ1v) is 8.38. The Morgan fingerprint density at radius 2 is 1.65 bits per heavy atom. The third kappa shape index (κ3) is 3.35. The second-order valence-electron chi connectivity index (χ2n) is 6.68. The molecule has 2 aromatic rings. The number of aliphatic hydroxyl groups excluding tert-OH is 1. The van der Waals surface area contributed by atoms with Crippen LogP contribution < -0.4 is 18.9 Å². The van der Waals surface area contributed by atoms with Crippen LogP contribution >= 0.6 is 0 Å². The highest BCUT2D eigenvalue weighted by molar-refractivity contribution is 5.77. The van der Waals surface area contributed by atoms with E-state index in [9.17, 15) is 5.11 Å². The number of methoxy groups -OCH3 is 3. The number of hydrogen-bond acceptors (Lipinski definition) is 5. The first-order valence-electron chi connectivity index (χ1n) is 8.38. The minimum absolute atomic E-state index is 0.549. The molecule has 1 heterocycles. The van der Waals surface area contributed by atoms with Crippen molar-refractivity contribution in [2.24, 2.45) is 0 Å². The molecule has 1 atom stereocenters. The van der Waals surface area contributed by atoms with Gasteiger partial charge in [-0.2, -0.15) is 0 Å². The summed E-state index contributed by atoms with van der Waals surface area (Å²) in [6.45, 7) is 3.91. The van der Waals surface area contributed by atoms with Crippen molar-refractivity contribution in [1.82, 2.24) is 0 Å². The van der Waals surface area contributed by atoms with Gasteiger partial charge in [-0.25, -0.2) is 0 Å². The monoisotopic (exact) mass is 356 g/mol. The Kier molecular flexibility index (Phi) is 4.83. The Balaban J connectivity index is 2.06. The summed E-state index contributed by atoms with van der Waals surface area (Å²) in [5, 5.41) is 11.1. The maximum absolute atomic E-state index is 11.1. The molecule has 138 valence electrons. The lowest BCUT2D eigenvalue weighted by Gasteiger charge is -2.33. The molecule has 1 aliphatic rings. The predicted octanol–water partition coefficient (Wildman–Crippen LogP) is 4.00. The molecule has 0 amide bonds. The fourth-order valence-electron chi connectivity index (χ4n) is 3.15. The highest BCUT2D eigenvalue weighted by Gasteiger charge is 2.31. The van der Waals surface area contributed by atoms with Crippen LogP contribution in [0.5, 0.6) is 23.0 Å². The molecule has 0 saturated carbocycles. The van der Waals surface area contributed by atoms with Gasteiger partial charge in [0.1, 0.15) is 23.2 Å². The Bertz CT molecular complexity index is 838. The molecule has 0 spiro atoms. The van der Waals surface area contributed by atoms with Gasteiger partial charge in [0.2, 0.25) is 0 Å². The van der Waals surface area contributed by atoms with Crippen molar-refractivity contribution in [3.63, 3.8) is 0 Å². The third-order valence-electron chi connectivity index (χ3n) is 4.39. The van der Waals surface area contributed by atoms with Crippen molar-refractivity contribution >= 4 is 5.57 Å². The van der Waals surface area contributed by atoms with Crippen LogP contribution in [0.1, 0.15) is 31.1 Å². The van der Waals surface area contributed by atoms with Gasteiger partial charge in [0, 0.05) is 11.6 Å². The van der Waals surface area contributed by atoms with Gasteiger partial charge in [0.05, 0.1) is 21.3 Å². The van der Waals surface area contributed by atoms with E-state index >= 15 is 0 Å². The van der Waals surface area contributed by atoms with E-state index in [4.69, 9.17) is 18.9 Å². The van der Waals surface area contributed by atoms with Crippen molar-refractivity contribution in [1.29, 1.82) is 0 Å². The van der Waals surface area contributed by atoms with Gasteiger partial charge >= 0.3 is 0 Å². The van der Waals surface area contributed by atoms with E-state index in [2.05, 4.69) is 0 Å². The van der Waals surface area contributed by atoms with E-state index in [1.807, 2.05) is 44.2 Å². The quantitative estimate of drug-likeness (QED) is 0.877. The largest absolute Gasteiger partial charge is 0.497 e. The zero-order valence-electron chi connectivity index (χ0n) is 15.7. The van der Waals surface area contributed by atoms with Gasteiger partial charge in [-0.1, -0.05) is 6.07 Å². The van der Waals surface area contributed by atoms with Crippen LogP contribution in [-0.4, -0.2) is 32.0 Å². The van der Waals surface area contributed by atoms with Crippen LogP contribution in [-0.2, 0) is 0 Å². The lowest BCUT2D eigenvalue weighted by Crippen LogP contribution is -2.30. The molecule has 1 aliphatic heterocycles. The SMILES string of the molecule is COc1ccc2c(c1)OC(C)(C)C=C2C(O)c1ccc(OC)c(OC)c1. The molecule has 0 saturated heterocycles. The summed E-state index contributed by atoms with van der Waals surface area (Å²) >= 11 is 0. The number of benzene rings is 2.